The molecule has 1 saturated carbocycles. The number of nitrogens with zero attached hydrogens (tertiary/aromatic N) is 3. The highest BCUT2D eigenvalue weighted by Crippen LogP contribution is 2.32. The summed E-state index contributed by atoms with van der Waals surface area (Å²) >= 11 is 0. The van der Waals surface area contributed by atoms with E-state index in [1.807, 2.05) is 25.9 Å². The summed E-state index contributed by atoms with van der Waals surface area (Å²) in [6.45, 7) is 7.04. The van der Waals surface area contributed by atoms with Gasteiger partial charge in [-0.25, -0.2) is 0 Å². The van der Waals surface area contributed by atoms with Crippen LogP contribution in [0.15, 0.2) is 18.2 Å². The van der Waals surface area contributed by atoms with Gasteiger partial charge in [0.15, 0.2) is 0 Å². The Hall–Kier alpha value is -2.16. The van der Waals surface area contributed by atoms with Gasteiger partial charge in [0.05, 0.1) is 18.2 Å². The highest BCUT2D eigenvalue weighted by molar-refractivity contribution is 5.99. The zero-order valence-electron chi connectivity index (χ0n) is 21.4. The molecule has 2 amide bonds. The highest BCUT2D eigenvalue weighted by atomic mass is 16.5. The summed E-state index contributed by atoms with van der Waals surface area (Å²) in [4.78, 5) is 32.0. The third-order valence-corrected chi connectivity index (χ3v) is 6.72. The first-order chi connectivity index (χ1) is 16.2. The number of aliphatic hydroxyl groups excluding tert-OH is 1. The highest BCUT2D eigenvalue weighted by Gasteiger charge is 2.34. The van der Waals surface area contributed by atoms with Crippen molar-refractivity contribution >= 4 is 17.5 Å². The molecule has 0 spiro atoms. The maximum Gasteiger partial charge on any atom is 0.258 e. The van der Waals surface area contributed by atoms with Gasteiger partial charge in [0.25, 0.3) is 5.91 Å². The van der Waals surface area contributed by atoms with Crippen LogP contribution in [-0.4, -0.2) is 97.7 Å². The van der Waals surface area contributed by atoms with Crippen LogP contribution in [0.25, 0.3) is 0 Å². The topological polar surface area (TPSA) is 85.3 Å². The van der Waals surface area contributed by atoms with Crippen molar-refractivity contribution in [3.05, 3.63) is 23.8 Å². The molecule has 190 valence electrons. The molecule has 8 heteroatoms. The van der Waals surface area contributed by atoms with E-state index < -0.39 is 0 Å². The number of carbonyl (C=O) groups excluding carboxylic acids is 2. The zero-order valence-corrected chi connectivity index (χ0v) is 21.4. The van der Waals surface area contributed by atoms with E-state index in [9.17, 15) is 14.7 Å². The quantitative estimate of drug-likeness (QED) is 0.513. The Morgan fingerprint density at radius 1 is 1.26 bits per heavy atom. The third kappa shape index (κ3) is 7.42. The summed E-state index contributed by atoms with van der Waals surface area (Å²) in [5.74, 6) is 1.16. The van der Waals surface area contributed by atoms with Crippen LogP contribution < -0.4 is 10.1 Å². The number of carbonyl (C=O) groups is 2. The number of hydrogen-bond donors (Lipinski definition) is 2. The first-order valence-corrected chi connectivity index (χ1v) is 12.5. The Labute approximate surface area is 204 Å². The molecule has 1 aromatic carbocycles. The molecule has 1 aliphatic carbocycles. The van der Waals surface area contributed by atoms with Crippen LogP contribution in [0.1, 0.15) is 49.9 Å². The van der Waals surface area contributed by atoms with Crippen LogP contribution in [0, 0.1) is 11.8 Å². The molecule has 3 rings (SSSR count). The van der Waals surface area contributed by atoms with Crippen molar-refractivity contribution in [2.24, 2.45) is 11.8 Å². The molecule has 0 aromatic heterocycles. The molecule has 0 bridgehead atoms. The number of aliphatic hydroxyl groups is 1. The lowest BCUT2D eigenvalue weighted by Gasteiger charge is -2.38. The normalized spacial score (nSPS) is 21.6. The summed E-state index contributed by atoms with van der Waals surface area (Å²) in [5, 5.41) is 12.7. The molecule has 3 atom stereocenters. The van der Waals surface area contributed by atoms with Crippen molar-refractivity contribution < 1.29 is 19.4 Å². The lowest BCUT2D eigenvalue weighted by Crippen LogP contribution is -2.50. The van der Waals surface area contributed by atoms with Crippen LogP contribution in [0.4, 0.5) is 5.69 Å². The van der Waals surface area contributed by atoms with Gasteiger partial charge in [0.1, 0.15) is 11.9 Å². The van der Waals surface area contributed by atoms with Gasteiger partial charge >= 0.3 is 0 Å². The fourth-order valence-corrected chi connectivity index (χ4v) is 4.42. The van der Waals surface area contributed by atoms with Gasteiger partial charge in [0, 0.05) is 37.7 Å². The van der Waals surface area contributed by atoms with Crippen LogP contribution >= 0.6 is 0 Å². The lowest BCUT2D eigenvalue weighted by molar-refractivity contribution is -0.116. The van der Waals surface area contributed by atoms with Crippen molar-refractivity contribution in [2.45, 2.75) is 51.7 Å². The van der Waals surface area contributed by atoms with Crippen molar-refractivity contribution in [3.63, 3.8) is 0 Å². The number of fused-ring (bicyclic) bond motifs is 1. The molecule has 8 nitrogen and oxygen atoms in total. The smallest absolute Gasteiger partial charge is 0.258 e. The largest absolute Gasteiger partial charge is 0.488 e. The maximum atomic E-state index is 13.5. The van der Waals surface area contributed by atoms with E-state index in [0.29, 0.717) is 30.0 Å². The number of anilines is 1. The van der Waals surface area contributed by atoms with Crippen LogP contribution in [-0.2, 0) is 4.79 Å². The van der Waals surface area contributed by atoms with Crippen molar-refractivity contribution in [1.82, 2.24) is 14.7 Å². The van der Waals surface area contributed by atoms with Gasteiger partial charge < -0.3 is 29.9 Å². The molecule has 0 saturated heterocycles. The lowest BCUT2D eigenvalue weighted by atomic mass is 9.99. The van der Waals surface area contributed by atoms with Gasteiger partial charge in [-0.1, -0.05) is 6.92 Å². The second-order valence-electron chi connectivity index (χ2n) is 10.5. The summed E-state index contributed by atoms with van der Waals surface area (Å²) in [5.41, 5.74) is 1.01. The Morgan fingerprint density at radius 3 is 2.65 bits per heavy atom. The number of likely N-dealkylation sites (N-methyl/N-ethyl adjacent to an activating group) is 1. The number of nitrogens with one attached hydrogen (secondary N) is 1. The predicted octanol–water partition coefficient (Wildman–Crippen LogP) is 2.53. The van der Waals surface area contributed by atoms with Crippen molar-refractivity contribution in [1.29, 1.82) is 0 Å². The minimum Gasteiger partial charge on any atom is -0.488 e. The van der Waals surface area contributed by atoms with E-state index in [1.165, 1.54) is 12.8 Å². The predicted molar refractivity (Wildman–Crippen MR) is 134 cm³/mol. The number of ether oxygens (including phenoxy) is 1. The Bertz CT molecular complexity index is 842. The molecule has 2 N–H and O–H groups in total. The summed E-state index contributed by atoms with van der Waals surface area (Å²) < 4.78 is 6.44. The summed E-state index contributed by atoms with van der Waals surface area (Å²) in [7, 11) is 6.09. The van der Waals surface area contributed by atoms with Crippen molar-refractivity contribution in [2.75, 3.05) is 59.2 Å². The monoisotopic (exact) mass is 474 g/mol. The number of rotatable bonds is 11. The summed E-state index contributed by atoms with van der Waals surface area (Å²) in [6, 6.07) is 4.98. The minimum absolute atomic E-state index is 0.0743. The average Bonchev–Trinajstić information content (AvgIpc) is 3.59. The molecule has 2 aliphatic rings. The van der Waals surface area contributed by atoms with Gasteiger partial charge in [0.2, 0.25) is 5.91 Å². The minimum atomic E-state index is -0.310. The van der Waals surface area contributed by atoms with Crippen LogP contribution in [0.5, 0.6) is 5.75 Å². The van der Waals surface area contributed by atoms with E-state index in [4.69, 9.17) is 4.74 Å². The molecular formula is C26H42N4O4. The van der Waals surface area contributed by atoms with Gasteiger partial charge in [-0.3, -0.25) is 9.59 Å². The molecule has 1 aromatic rings. The van der Waals surface area contributed by atoms with Gasteiger partial charge in [-0.2, -0.15) is 0 Å². The average molecular weight is 475 g/mol. The number of benzene rings is 1. The first kappa shape index (κ1) is 26.4. The standard InChI is InChI=1S/C26H42N4O4/c1-18-14-30(19(2)17-31)26(33)22-13-21(27-25(32)7-6-12-28(3)4)10-11-23(22)34-24(18)16-29(5)15-20-8-9-20/h10-11,13,18-20,24,31H,6-9,12,14-17H2,1-5H3,(H,27,32)/t18-,19+,24+/m0/s1. The molecule has 1 fully saturated rings. The fraction of sp³-hybridized carbons (Fsp3) is 0.692. The second kappa shape index (κ2) is 12.0. The molecule has 1 aliphatic heterocycles. The number of amides is 2. The second-order valence-corrected chi connectivity index (χ2v) is 10.5. The first-order valence-electron chi connectivity index (χ1n) is 12.5. The Balaban J connectivity index is 1.80. The van der Waals surface area contributed by atoms with Gasteiger partial charge in [-0.15, -0.1) is 0 Å². The molecule has 34 heavy (non-hydrogen) atoms. The molecule has 1 heterocycles. The molecule has 0 unspecified atom stereocenters. The van der Waals surface area contributed by atoms with E-state index in [2.05, 4.69) is 24.2 Å². The molecule has 0 radical (unpaired) electrons. The zero-order chi connectivity index (χ0) is 24.8. The van der Waals surface area contributed by atoms with Crippen molar-refractivity contribution in [3.8, 4) is 5.75 Å². The third-order valence-electron chi connectivity index (χ3n) is 6.72. The number of hydrogen-bond acceptors (Lipinski definition) is 6. The summed E-state index contributed by atoms with van der Waals surface area (Å²) in [6.07, 6.45) is 3.69. The van der Waals surface area contributed by atoms with Gasteiger partial charge in [-0.05, 0) is 78.0 Å². The SMILES string of the molecule is C[C@H](CO)N1C[C@H](C)[C@@H](CN(C)CC2CC2)Oc2ccc(NC(=O)CCCN(C)C)cc2C1=O. The molecular weight excluding hydrogens is 432 g/mol. The fourth-order valence-electron chi connectivity index (χ4n) is 4.42. The van der Waals surface area contributed by atoms with E-state index in [-0.39, 0.29) is 36.5 Å². The van der Waals surface area contributed by atoms with E-state index >= 15 is 0 Å². The van der Waals surface area contributed by atoms with E-state index in [1.54, 1.807) is 23.1 Å². The Morgan fingerprint density at radius 2 is 2.00 bits per heavy atom. The Kier molecular flexibility index (Phi) is 9.33. The maximum absolute atomic E-state index is 13.5. The van der Waals surface area contributed by atoms with Crippen LogP contribution in [0.3, 0.4) is 0 Å². The van der Waals surface area contributed by atoms with E-state index in [0.717, 1.165) is 32.0 Å². The van der Waals surface area contributed by atoms with Crippen LogP contribution in [0.2, 0.25) is 0 Å².